The number of aromatic nitrogens is 1. The first kappa shape index (κ1) is 19.3. The highest BCUT2D eigenvalue weighted by Gasteiger charge is 2.15. The number of carbonyl (C=O) groups excluding carboxylic acids is 1. The van der Waals surface area contributed by atoms with Crippen LogP contribution in [0.3, 0.4) is 0 Å². The lowest BCUT2D eigenvalue weighted by Crippen LogP contribution is -2.29. The molecule has 142 valence electrons. The van der Waals surface area contributed by atoms with Crippen LogP contribution in [0.15, 0.2) is 65.6 Å². The smallest absolute Gasteiger partial charge is 0.269 e. The second-order valence-electron chi connectivity index (χ2n) is 6.19. The summed E-state index contributed by atoms with van der Waals surface area (Å²) in [7, 11) is 0. The minimum Gasteiger partial charge on any atom is -0.322 e. The molecule has 0 radical (unpaired) electrons. The fourth-order valence-electron chi connectivity index (χ4n) is 2.71. The van der Waals surface area contributed by atoms with Gasteiger partial charge in [0.1, 0.15) is 5.56 Å². The molecule has 1 N–H and O–H groups in total. The summed E-state index contributed by atoms with van der Waals surface area (Å²) in [6, 6.07) is 14.2. The second kappa shape index (κ2) is 8.06. The molecular formula is C20H16ClN3O4. The number of aryl methyl sites for hydroxylation is 1. The minimum absolute atomic E-state index is 0.0192. The SMILES string of the molecule is Cc1cc([N+](=O)[O-])ccc1NC(=O)c1cccn(Cc2ccc(Cl)cc2)c1=O. The maximum atomic E-state index is 12.7. The molecule has 1 heterocycles. The Kier molecular flexibility index (Phi) is 5.56. The third-order valence-electron chi connectivity index (χ3n) is 4.20. The maximum absolute atomic E-state index is 12.7. The molecule has 0 unspecified atom stereocenters. The largest absolute Gasteiger partial charge is 0.322 e. The highest BCUT2D eigenvalue weighted by Crippen LogP contribution is 2.21. The molecule has 1 aromatic heterocycles. The van der Waals surface area contributed by atoms with Crippen LogP contribution >= 0.6 is 11.6 Å². The molecule has 0 atom stereocenters. The molecule has 0 aliphatic heterocycles. The number of nitro groups is 1. The number of halogens is 1. The summed E-state index contributed by atoms with van der Waals surface area (Å²) < 4.78 is 1.43. The van der Waals surface area contributed by atoms with Crippen molar-refractivity contribution in [1.82, 2.24) is 4.57 Å². The van der Waals surface area contributed by atoms with E-state index in [1.807, 2.05) is 12.1 Å². The lowest BCUT2D eigenvalue weighted by atomic mass is 10.1. The summed E-state index contributed by atoms with van der Waals surface area (Å²) in [5.41, 5.74) is 1.28. The molecule has 3 rings (SSSR count). The van der Waals surface area contributed by atoms with Gasteiger partial charge in [-0.25, -0.2) is 0 Å². The Morgan fingerprint density at radius 2 is 1.89 bits per heavy atom. The maximum Gasteiger partial charge on any atom is 0.269 e. The first-order valence-corrected chi connectivity index (χ1v) is 8.73. The van der Waals surface area contributed by atoms with Gasteiger partial charge in [-0.2, -0.15) is 0 Å². The van der Waals surface area contributed by atoms with Gasteiger partial charge in [-0.3, -0.25) is 19.7 Å². The third-order valence-corrected chi connectivity index (χ3v) is 4.45. The highest BCUT2D eigenvalue weighted by molar-refractivity contribution is 6.30. The number of nitrogens with one attached hydrogen (secondary N) is 1. The third kappa shape index (κ3) is 4.27. The van der Waals surface area contributed by atoms with Crippen molar-refractivity contribution in [2.24, 2.45) is 0 Å². The monoisotopic (exact) mass is 397 g/mol. The molecule has 0 fully saturated rings. The van der Waals surface area contributed by atoms with Crippen molar-refractivity contribution in [2.75, 3.05) is 5.32 Å². The summed E-state index contributed by atoms with van der Waals surface area (Å²) in [6.45, 7) is 1.94. The average molecular weight is 398 g/mol. The van der Waals surface area contributed by atoms with E-state index in [-0.39, 0.29) is 11.3 Å². The number of rotatable bonds is 5. The number of hydrogen-bond donors (Lipinski definition) is 1. The number of benzene rings is 2. The predicted molar refractivity (Wildman–Crippen MR) is 107 cm³/mol. The van der Waals surface area contributed by atoms with Gasteiger partial charge >= 0.3 is 0 Å². The van der Waals surface area contributed by atoms with Gasteiger partial charge < -0.3 is 9.88 Å². The van der Waals surface area contributed by atoms with Gasteiger partial charge in [0.15, 0.2) is 0 Å². The van der Waals surface area contributed by atoms with Gasteiger partial charge in [0, 0.05) is 29.0 Å². The van der Waals surface area contributed by atoms with E-state index >= 15 is 0 Å². The van der Waals surface area contributed by atoms with Crippen molar-refractivity contribution in [3.63, 3.8) is 0 Å². The first-order valence-electron chi connectivity index (χ1n) is 8.35. The van der Waals surface area contributed by atoms with Crippen LogP contribution in [-0.4, -0.2) is 15.4 Å². The molecule has 0 spiro atoms. The van der Waals surface area contributed by atoms with Crippen molar-refractivity contribution in [3.8, 4) is 0 Å². The first-order chi connectivity index (χ1) is 13.3. The zero-order chi connectivity index (χ0) is 20.3. The van der Waals surface area contributed by atoms with E-state index in [0.29, 0.717) is 22.8 Å². The van der Waals surface area contributed by atoms with E-state index in [1.54, 1.807) is 31.3 Å². The number of nitro benzene ring substituents is 1. The molecule has 28 heavy (non-hydrogen) atoms. The zero-order valence-corrected chi connectivity index (χ0v) is 15.6. The molecule has 0 aliphatic carbocycles. The zero-order valence-electron chi connectivity index (χ0n) is 14.9. The Hall–Kier alpha value is -3.45. The Labute approximate surface area is 165 Å². The summed E-state index contributed by atoms with van der Waals surface area (Å²) in [4.78, 5) is 35.6. The Bertz CT molecular complexity index is 1110. The van der Waals surface area contributed by atoms with Gasteiger partial charge in [0.05, 0.1) is 11.5 Å². The van der Waals surface area contributed by atoms with E-state index in [2.05, 4.69) is 5.32 Å². The van der Waals surface area contributed by atoms with Gasteiger partial charge in [-0.05, 0) is 48.4 Å². The Morgan fingerprint density at radius 3 is 2.54 bits per heavy atom. The van der Waals surface area contributed by atoms with E-state index in [4.69, 9.17) is 11.6 Å². The van der Waals surface area contributed by atoms with Crippen LogP contribution in [0, 0.1) is 17.0 Å². The molecule has 0 saturated heterocycles. The standard InChI is InChI=1S/C20H16ClN3O4/c1-13-11-16(24(27)28)8-9-18(13)22-19(25)17-3-2-10-23(20(17)26)12-14-4-6-15(21)7-5-14/h2-11H,12H2,1H3,(H,22,25). The van der Waals surface area contributed by atoms with Crippen LogP contribution in [0.1, 0.15) is 21.5 Å². The summed E-state index contributed by atoms with van der Waals surface area (Å²) in [6.07, 6.45) is 1.60. The van der Waals surface area contributed by atoms with Gasteiger partial charge in [-0.1, -0.05) is 23.7 Å². The molecule has 0 bridgehead atoms. The summed E-state index contributed by atoms with van der Waals surface area (Å²) in [5.74, 6) is -0.576. The number of amides is 1. The average Bonchev–Trinajstić information content (AvgIpc) is 2.66. The Balaban J connectivity index is 1.83. The van der Waals surface area contributed by atoms with E-state index < -0.39 is 16.4 Å². The highest BCUT2D eigenvalue weighted by atomic mass is 35.5. The minimum atomic E-state index is -0.576. The molecule has 0 aliphatic rings. The van der Waals surface area contributed by atoms with Crippen molar-refractivity contribution in [3.05, 3.63) is 103 Å². The molecular weight excluding hydrogens is 382 g/mol. The molecule has 1 amide bonds. The van der Waals surface area contributed by atoms with Crippen molar-refractivity contribution < 1.29 is 9.72 Å². The Morgan fingerprint density at radius 1 is 1.18 bits per heavy atom. The van der Waals surface area contributed by atoms with E-state index in [1.165, 1.54) is 28.8 Å². The van der Waals surface area contributed by atoms with Gasteiger partial charge in [0.2, 0.25) is 0 Å². The summed E-state index contributed by atoms with van der Waals surface area (Å²) in [5, 5.41) is 14.1. The number of nitrogens with zero attached hydrogens (tertiary/aromatic N) is 2. The van der Waals surface area contributed by atoms with Crippen LogP contribution in [0.5, 0.6) is 0 Å². The fourth-order valence-corrected chi connectivity index (χ4v) is 2.84. The van der Waals surface area contributed by atoms with Crippen LogP contribution in [0.2, 0.25) is 5.02 Å². The van der Waals surface area contributed by atoms with Crippen LogP contribution < -0.4 is 10.9 Å². The molecule has 0 saturated carbocycles. The quantitative estimate of drug-likeness (QED) is 0.519. The van der Waals surface area contributed by atoms with E-state index in [0.717, 1.165) is 5.56 Å². The van der Waals surface area contributed by atoms with E-state index in [9.17, 15) is 19.7 Å². The number of non-ortho nitro benzene ring substituents is 1. The summed E-state index contributed by atoms with van der Waals surface area (Å²) >= 11 is 5.87. The van der Waals surface area contributed by atoms with Gasteiger partial charge in [-0.15, -0.1) is 0 Å². The topological polar surface area (TPSA) is 94.2 Å². The number of pyridine rings is 1. The molecule has 2 aromatic carbocycles. The molecule has 3 aromatic rings. The van der Waals surface area contributed by atoms with Crippen molar-refractivity contribution >= 4 is 28.9 Å². The molecule has 8 heteroatoms. The normalized spacial score (nSPS) is 10.5. The number of anilines is 1. The number of carbonyl (C=O) groups is 1. The number of hydrogen-bond acceptors (Lipinski definition) is 4. The fraction of sp³-hybridized carbons (Fsp3) is 0.100. The van der Waals surface area contributed by atoms with Crippen molar-refractivity contribution in [1.29, 1.82) is 0 Å². The van der Waals surface area contributed by atoms with Crippen LogP contribution in [0.25, 0.3) is 0 Å². The lowest BCUT2D eigenvalue weighted by molar-refractivity contribution is -0.384. The second-order valence-corrected chi connectivity index (χ2v) is 6.63. The molecule has 7 nitrogen and oxygen atoms in total. The lowest BCUT2D eigenvalue weighted by Gasteiger charge is -2.10. The van der Waals surface area contributed by atoms with Crippen LogP contribution in [0.4, 0.5) is 11.4 Å². The van der Waals surface area contributed by atoms with Gasteiger partial charge in [0.25, 0.3) is 17.2 Å². The van der Waals surface area contributed by atoms with Crippen molar-refractivity contribution in [2.45, 2.75) is 13.5 Å². The van der Waals surface area contributed by atoms with Crippen LogP contribution in [-0.2, 0) is 6.54 Å². The predicted octanol–water partition coefficient (Wildman–Crippen LogP) is 4.02.